The van der Waals surface area contributed by atoms with Gasteiger partial charge >= 0.3 is 0 Å². The minimum atomic E-state index is 0. The summed E-state index contributed by atoms with van der Waals surface area (Å²) in [6.07, 6.45) is 6.69. The Kier molecular flexibility index (Phi) is 9.23. The molecule has 13 heavy (non-hydrogen) atoms. The van der Waals surface area contributed by atoms with Gasteiger partial charge in [-0.3, -0.25) is 0 Å². The Balaban J connectivity index is 0. The van der Waals surface area contributed by atoms with Gasteiger partial charge in [-0.1, -0.05) is 39.5 Å². The van der Waals surface area contributed by atoms with Crippen molar-refractivity contribution in [2.24, 2.45) is 11.7 Å². The molecule has 0 aromatic carbocycles. The fraction of sp³-hybridized carbons (Fsp3) is 1.00. The molecular formula is C11H26ClN. The van der Waals surface area contributed by atoms with Crippen LogP contribution in [0.4, 0.5) is 0 Å². The van der Waals surface area contributed by atoms with E-state index in [0.29, 0.717) is 5.92 Å². The van der Waals surface area contributed by atoms with E-state index in [4.69, 9.17) is 5.73 Å². The molecule has 82 valence electrons. The van der Waals surface area contributed by atoms with Crippen LogP contribution in [0.25, 0.3) is 0 Å². The van der Waals surface area contributed by atoms with Crippen LogP contribution in [0.1, 0.15) is 59.8 Å². The summed E-state index contributed by atoms with van der Waals surface area (Å²) in [4.78, 5) is 0. The first-order valence-corrected chi connectivity index (χ1v) is 5.27. The average molecular weight is 208 g/mol. The number of rotatable bonds is 6. The Morgan fingerprint density at radius 1 is 1.15 bits per heavy atom. The SMILES string of the molecule is CCCCCCC(C)C(C)(C)N.Cl. The largest absolute Gasteiger partial charge is 0.325 e. The van der Waals surface area contributed by atoms with E-state index in [0.717, 1.165) is 0 Å². The van der Waals surface area contributed by atoms with Crippen molar-refractivity contribution in [2.45, 2.75) is 65.3 Å². The molecule has 0 saturated carbocycles. The van der Waals surface area contributed by atoms with Crippen LogP contribution in [0.2, 0.25) is 0 Å². The molecule has 0 fully saturated rings. The van der Waals surface area contributed by atoms with Gasteiger partial charge in [-0.25, -0.2) is 0 Å². The Bertz CT molecular complexity index is 107. The monoisotopic (exact) mass is 207 g/mol. The van der Waals surface area contributed by atoms with E-state index in [1.165, 1.54) is 32.1 Å². The molecule has 0 aromatic heterocycles. The molecule has 1 unspecified atom stereocenters. The molecule has 0 radical (unpaired) electrons. The second kappa shape index (κ2) is 7.64. The molecule has 1 atom stereocenters. The predicted octanol–water partition coefficient (Wildman–Crippen LogP) is 3.75. The van der Waals surface area contributed by atoms with Gasteiger partial charge in [0.05, 0.1) is 0 Å². The maximum absolute atomic E-state index is 5.99. The third-order valence-corrected chi connectivity index (χ3v) is 2.76. The topological polar surface area (TPSA) is 26.0 Å². The fourth-order valence-electron chi connectivity index (χ4n) is 1.25. The lowest BCUT2D eigenvalue weighted by molar-refractivity contribution is 0.317. The van der Waals surface area contributed by atoms with Gasteiger partial charge < -0.3 is 5.73 Å². The number of hydrogen-bond acceptors (Lipinski definition) is 1. The zero-order chi connectivity index (χ0) is 9.61. The van der Waals surface area contributed by atoms with Crippen molar-refractivity contribution in [3.05, 3.63) is 0 Å². The maximum Gasteiger partial charge on any atom is 0.0123 e. The molecule has 1 nitrogen and oxygen atoms in total. The van der Waals surface area contributed by atoms with Gasteiger partial charge in [0.1, 0.15) is 0 Å². The van der Waals surface area contributed by atoms with E-state index in [1.807, 2.05) is 0 Å². The second-order valence-corrected chi connectivity index (χ2v) is 4.57. The third kappa shape index (κ3) is 8.58. The van der Waals surface area contributed by atoms with Crippen molar-refractivity contribution >= 4 is 12.4 Å². The average Bonchev–Trinajstić information content (AvgIpc) is 1.96. The lowest BCUT2D eigenvalue weighted by Crippen LogP contribution is -2.39. The lowest BCUT2D eigenvalue weighted by Gasteiger charge is -2.27. The highest BCUT2D eigenvalue weighted by Gasteiger charge is 2.19. The first kappa shape index (κ1) is 15.7. The van der Waals surface area contributed by atoms with E-state index in [2.05, 4.69) is 27.7 Å². The first-order chi connectivity index (χ1) is 5.48. The van der Waals surface area contributed by atoms with E-state index in [-0.39, 0.29) is 17.9 Å². The Hall–Kier alpha value is 0.250. The van der Waals surface area contributed by atoms with Gasteiger partial charge in [0, 0.05) is 5.54 Å². The van der Waals surface area contributed by atoms with Gasteiger partial charge in [-0.15, -0.1) is 12.4 Å². The molecule has 0 bridgehead atoms. The number of nitrogens with two attached hydrogens (primary N) is 1. The summed E-state index contributed by atoms with van der Waals surface area (Å²) < 4.78 is 0. The summed E-state index contributed by atoms with van der Waals surface area (Å²) >= 11 is 0. The molecule has 0 rings (SSSR count). The van der Waals surface area contributed by atoms with Crippen molar-refractivity contribution in [3.8, 4) is 0 Å². The van der Waals surface area contributed by atoms with E-state index in [9.17, 15) is 0 Å². The highest BCUT2D eigenvalue weighted by Crippen LogP contribution is 2.19. The van der Waals surface area contributed by atoms with Gasteiger partial charge in [-0.05, 0) is 26.2 Å². The summed E-state index contributed by atoms with van der Waals surface area (Å²) in [7, 11) is 0. The Labute approximate surface area is 89.9 Å². The van der Waals surface area contributed by atoms with Gasteiger partial charge in [0.2, 0.25) is 0 Å². The summed E-state index contributed by atoms with van der Waals surface area (Å²) in [6, 6.07) is 0. The summed E-state index contributed by atoms with van der Waals surface area (Å²) in [5.41, 5.74) is 6.00. The quantitative estimate of drug-likeness (QED) is 0.660. The summed E-state index contributed by atoms with van der Waals surface area (Å²) in [5, 5.41) is 0. The molecule has 0 amide bonds. The predicted molar refractivity (Wildman–Crippen MR) is 63.4 cm³/mol. The van der Waals surface area contributed by atoms with Crippen molar-refractivity contribution in [1.82, 2.24) is 0 Å². The lowest BCUT2D eigenvalue weighted by atomic mass is 9.86. The van der Waals surface area contributed by atoms with Gasteiger partial charge in [-0.2, -0.15) is 0 Å². The molecular weight excluding hydrogens is 182 g/mol. The van der Waals surface area contributed by atoms with Crippen molar-refractivity contribution in [3.63, 3.8) is 0 Å². The number of unbranched alkanes of at least 4 members (excludes halogenated alkanes) is 3. The first-order valence-electron chi connectivity index (χ1n) is 5.27. The fourth-order valence-corrected chi connectivity index (χ4v) is 1.25. The van der Waals surface area contributed by atoms with Crippen molar-refractivity contribution in [2.75, 3.05) is 0 Å². The molecule has 0 aliphatic rings. The van der Waals surface area contributed by atoms with Crippen LogP contribution in [-0.2, 0) is 0 Å². The van der Waals surface area contributed by atoms with Crippen LogP contribution in [0.5, 0.6) is 0 Å². The van der Waals surface area contributed by atoms with Crippen LogP contribution >= 0.6 is 12.4 Å². The summed E-state index contributed by atoms with van der Waals surface area (Å²) in [6.45, 7) is 8.75. The van der Waals surface area contributed by atoms with Crippen molar-refractivity contribution < 1.29 is 0 Å². The third-order valence-electron chi connectivity index (χ3n) is 2.76. The van der Waals surface area contributed by atoms with Crippen LogP contribution in [0.3, 0.4) is 0 Å². The highest BCUT2D eigenvalue weighted by atomic mass is 35.5. The second-order valence-electron chi connectivity index (χ2n) is 4.57. The normalized spacial score (nSPS) is 13.6. The Morgan fingerprint density at radius 2 is 1.69 bits per heavy atom. The molecule has 2 N–H and O–H groups in total. The van der Waals surface area contributed by atoms with Crippen LogP contribution in [-0.4, -0.2) is 5.54 Å². The van der Waals surface area contributed by atoms with Crippen molar-refractivity contribution in [1.29, 1.82) is 0 Å². The molecule has 0 aromatic rings. The number of halogens is 1. The number of hydrogen-bond donors (Lipinski definition) is 1. The zero-order valence-corrected chi connectivity index (χ0v) is 10.4. The molecule has 0 heterocycles. The zero-order valence-electron chi connectivity index (χ0n) is 9.60. The van der Waals surface area contributed by atoms with Gasteiger partial charge in [0.25, 0.3) is 0 Å². The van der Waals surface area contributed by atoms with Crippen LogP contribution in [0.15, 0.2) is 0 Å². The summed E-state index contributed by atoms with van der Waals surface area (Å²) in [5.74, 6) is 0.648. The standard InChI is InChI=1S/C11H25N.ClH/c1-5-6-7-8-9-10(2)11(3,4)12;/h10H,5-9,12H2,1-4H3;1H. The molecule has 2 heteroatoms. The minimum Gasteiger partial charge on any atom is -0.325 e. The Morgan fingerprint density at radius 3 is 2.08 bits per heavy atom. The highest BCUT2D eigenvalue weighted by molar-refractivity contribution is 5.85. The van der Waals surface area contributed by atoms with Crippen LogP contribution < -0.4 is 5.73 Å². The molecule has 0 spiro atoms. The van der Waals surface area contributed by atoms with E-state index in [1.54, 1.807) is 0 Å². The smallest absolute Gasteiger partial charge is 0.0123 e. The maximum atomic E-state index is 5.99. The van der Waals surface area contributed by atoms with E-state index >= 15 is 0 Å². The minimum absolute atomic E-state index is 0. The van der Waals surface area contributed by atoms with Crippen LogP contribution in [0, 0.1) is 5.92 Å². The molecule has 0 saturated heterocycles. The molecule has 0 aliphatic carbocycles. The van der Waals surface area contributed by atoms with Gasteiger partial charge in [0.15, 0.2) is 0 Å². The molecule has 0 aliphatic heterocycles. The van der Waals surface area contributed by atoms with E-state index < -0.39 is 0 Å².